The minimum atomic E-state index is 0. The summed E-state index contributed by atoms with van der Waals surface area (Å²) in [7, 11) is 0. The van der Waals surface area contributed by atoms with Crippen LogP contribution in [0, 0.1) is 68.2 Å². The van der Waals surface area contributed by atoms with Gasteiger partial charge in [0.2, 0.25) is 0 Å². The van der Waals surface area contributed by atoms with Crippen LogP contribution < -0.4 is 24.8 Å². The summed E-state index contributed by atoms with van der Waals surface area (Å²) in [6.07, 6.45) is 57.4. The Balaban J connectivity index is 0.000000221. The van der Waals surface area contributed by atoms with Gasteiger partial charge >= 0.3 is 116 Å². The number of fused-ring (bicyclic) bond motifs is 8. The zero-order chi connectivity index (χ0) is 35.9. The molecule has 0 aromatic carbocycles. The predicted molar refractivity (Wildman–Crippen MR) is 213 cm³/mol. The molecule has 8 aliphatic rings. The fourth-order valence-electron chi connectivity index (χ4n) is 13.1. The van der Waals surface area contributed by atoms with Gasteiger partial charge in [0.25, 0.3) is 0 Å². The molecule has 3 heteroatoms. The first-order chi connectivity index (χ1) is 23.7. The van der Waals surface area contributed by atoms with Crippen LogP contribution >= 0.6 is 0 Å². The van der Waals surface area contributed by atoms with E-state index in [0.717, 1.165) is 18.3 Å². The molecular formula is C49H68Cl2Zr-2. The van der Waals surface area contributed by atoms with Crippen LogP contribution in [0.15, 0.2) is 90.6 Å². The Hall–Kier alpha value is -0.747. The van der Waals surface area contributed by atoms with Crippen molar-refractivity contribution >= 4 is 3.21 Å². The molecule has 0 aromatic heterocycles. The fourth-order valence-corrected chi connectivity index (χ4v) is 14.6. The molecule has 4 fully saturated rings. The first-order valence-corrected chi connectivity index (χ1v) is 21.7. The molecule has 8 aliphatic carbocycles. The second-order valence-corrected chi connectivity index (χ2v) is 20.5. The molecule has 0 nitrogen and oxygen atoms in total. The van der Waals surface area contributed by atoms with Crippen LogP contribution in [-0.2, 0) is 24.2 Å². The Morgan fingerprint density at radius 3 is 1.62 bits per heavy atom. The maximum atomic E-state index is 2.99. The number of allylic oxidation sites excluding steroid dienone is 16. The summed E-state index contributed by atoms with van der Waals surface area (Å²) in [6, 6.07) is 0. The van der Waals surface area contributed by atoms with Gasteiger partial charge in [-0.15, -0.1) is 23.8 Å². The average Bonchev–Trinajstić information content (AvgIpc) is 3.75. The van der Waals surface area contributed by atoms with E-state index in [9.17, 15) is 0 Å². The summed E-state index contributed by atoms with van der Waals surface area (Å²) in [5.41, 5.74) is 1.73. The molecule has 0 saturated heterocycles. The summed E-state index contributed by atoms with van der Waals surface area (Å²) in [5, 5.41) is 0. The molecule has 284 valence electrons. The molecule has 4 saturated carbocycles. The van der Waals surface area contributed by atoms with E-state index in [1.54, 1.807) is 24.2 Å². The van der Waals surface area contributed by atoms with Crippen molar-refractivity contribution in [2.45, 2.75) is 139 Å². The molecule has 0 spiro atoms. The first kappa shape index (κ1) is 44.0. The van der Waals surface area contributed by atoms with Crippen LogP contribution in [0.4, 0.5) is 0 Å². The second-order valence-electron chi connectivity index (χ2n) is 18.7. The SMILES string of the molecule is CC1=CC=CC2[CH-]C3(C)C4(C)C=CC=CC4(C)C4(C)C=CC=CC4(C)C3(C)C12C.[C-]1=CC=CC1.[Cl-].[Cl-].[Zr+2]=[C](CC1CCCCC1)CC1CCCCC1. The molecule has 8 rings (SSSR count). The third kappa shape index (κ3) is 6.56. The van der Waals surface area contributed by atoms with E-state index in [1.165, 1.54) is 82.6 Å². The Labute approximate surface area is 347 Å². The standard InChI is InChI=1S/C29H37.C15H26.C5H5.2ClH.Zr/c1-21-14-13-15-22-20-27(6)25(4)18-10-9-16-23(25,2)24(3)17-11-12-19-26(24,5)29(27,8)28(21,22)7;1-3-8-14(9-4-1)12-7-13-15-10-5-2-6-11-15;1-2-4-5-3-1;;;/h9-20,22H,1-8H3;14-15H,1-6,8-13H2;1-3H,4H2;2*1H;/q-1;;-1;;;+2/p-2. The Morgan fingerprint density at radius 2 is 1.15 bits per heavy atom. The fraction of sp³-hybridized carbons (Fsp3) is 0.633. The molecule has 0 aromatic rings. The molecule has 52 heavy (non-hydrogen) atoms. The van der Waals surface area contributed by atoms with Gasteiger partial charge in [-0.2, -0.15) is 6.08 Å². The van der Waals surface area contributed by atoms with Crippen molar-refractivity contribution in [1.29, 1.82) is 0 Å². The van der Waals surface area contributed by atoms with Gasteiger partial charge in [0, 0.05) is 10.8 Å². The Bertz CT molecular complexity index is 1500. The molecule has 0 N–H and O–H groups in total. The molecule has 0 amide bonds. The molecule has 0 aliphatic heterocycles. The topological polar surface area (TPSA) is 0 Å². The maximum absolute atomic E-state index is 2.99. The van der Waals surface area contributed by atoms with Gasteiger partial charge < -0.3 is 31.2 Å². The Morgan fingerprint density at radius 1 is 0.673 bits per heavy atom. The van der Waals surface area contributed by atoms with Crippen molar-refractivity contribution in [2.75, 3.05) is 0 Å². The van der Waals surface area contributed by atoms with Crippen LogP contribution in [-0.4, -0.2) is 3.21 Å². The molecular weight excluding hydrogens is 751 g/mol. The van der Waals surface area contributed by atoms with Crippen molar-refractivity contribution in [3.05, 3.63) is 103 Å². The van der Waals surface area contributed by atoms with Gasteiger partial charge in [-0.05, 0) is 28.6 Å². The van der Waals surface area contributed by atoms with E-state index in [2.05, 4.69) is 141 Å². The summed E-state index contributed by atoms with van der Waals surface area (Å²) in [6.45, 7) is 20.3. The first-order valence-electron chi connectivity index (χ1n) is 20.5. The molecule has 8 atom stereocenters. The van der Waals surface area contributed by atoms with E-state index in [-0.39, 0.29) is 62.7 Å². The van der Waals surface area contributed by atoms with Crippen LogP contribution in [0.25, 0.3) is 0 Å². The summed E-state index contributed by atoms with van der Waals surface area (Å²) in [4.78, 5) is 0. The molecule has 0 radical (unpaired) electrons. The van der Waals surface area contributed by atoms with Crippen molar-refractivity contribution in [3.63, 3.8) is 0 Å². The molecule has 0 bridgehead atoms. The van der Waals surface area contributed by atoms with E-state index < -0.39 is 0 Å². The average molecular weight is 819 g/mol. The summed E-state index contributed by atoms with van der Waals surface area (Å²) >= 11 is 1.75. The van der Waals surface area contributed by atoms with Gasteiger partial charge in [-0.3, -0.25) is 6.08 Å². The summed E-state index contributed by atoms with van der Waals surface area (Å²) in [5.74, 6) is 2.61. The van der Waals surface area contributed by atoms with Gasteiger partial charge in [0.15, 0.2) is 0 Å². The zero-order valence-corrected chi connectivity index (χ0v) is 37.8. The zero-order valence-electron chi connectivity index (χ0n) is 33.8. The third-order valence-corrected chi connectivity index (χ3v) is 18.1. The van der Waals surface area contributed by atoms with Gasteiger partial charge in [0.1, 0.15) is 0 Å². The van der Waals surface area contributed by atoms with Crippen molar-refractivity contribution in [2.24, 2.45) is 55.7 Å². The molecule has 8 unspecified atom stereocenters. The Kier molecular flexibility index (Phi) is 14.2. The van der Waals surface area contributed by atoms with Crippen LogP contribution in [0.5, 0.6) is 0 Å². The van der Waals surface area contributed by atoms with Crippen LogP contribution in [0.2, 0.25) is 0 Å². The van der Waals surface area contributed by atoms with Crippen molar-refractivity contribution in [1.82, 2.24) is 0 Å². The summed E-state index contributed by atoms with van der Waals surface area (Å²) < 4.78 is 1.91. The van der Waals surface area contributed by atoms with Crippen molar-refractivity contribution < 1.29 is 49.0 Å². The van der Waals surface area contributed by atoms with Gasteiger partial charge in [-0.25, -0.2) is 12.2 Å². The second kappa shape index (κ2) is 16.8. The van der Waals surface area contributed by atoms with E-state index >= 15 is 0 Å². The third-order valence-electron chi connectivity index (χ3n) is 17.1. The van der Waals surface area contributed by atoms with Crippen LogP contribution in [0.3, 0.4) is 0 Å². The number of hydrogen-bond donors (Lipinski definition) is 0. The van der Waals surface area contributed by atoms with Crippen LogP contribution in [0.1, 0.15) is 139 Å². The van der Waals surface area contributed by atoms with E-state index in [4.69, 9.17) is 0 Å². The van der Waals surface area contributed by atoms with E-state index in [1.807, 2.05) is 15.4 Å². The predicted octanol–water partition coefficient (Wildman–Crippen LogP) is 7.61. The quantitative estimate of drug-likeness (QED) is 0.257. The minimum absolute atomic E-state index is 0. The monoisotopic (exact) mass is 816 g/mol. The van der Waals surface area contributed by atoms with Crippen molar-refractivity contribution in [3.8, 4) is 0 Å². The normalized spacial score (nSPS) is 42.2. The van der Waals surface area contributed by atoms with E-state index in [0.29, 0.717) is 5.92 Å². The number of hydrogen-bond acceptors (Lipinski definition) is 0. The number of rotatable bonds is 4. The molecule has 0 heterocycles. The number of halogens is 2. The van der Waals surface area contributed by atoms with Gasteiger partial charge in [0.05, 0.1) is 0 Å². The van der Waals surface area contributed by atoms with Gasteiger partial charge in [-0.1, -0.05) is 115 Å².